The maximum atomic E-state index is 13.8. The molecule has 1 saturated carbocycles. The Bertz CT molecular complexity index is 1410. The molecule has 0 saturated heterocycles. The molecule has 0 radical (unpaired) electrons. The molecule has 1 unspecified atom stereocenters. The van der Waals surface area contributed by atoms with Crippen LogP contribution in [-0.4, -0.2) is 59.8 Å². The number of benzene rings is 1. The number of ether oxygens (including phenoxy) is 2. The van der Waals surface area contributed by atoms with Gasteiger partial charge in [0.15, 0.2) is 5.15 Å². The van der Waals surface area contributed by atoms with Crippen molar-refractivity contribution in [1.29, 1.82) is 0 Å². The first-order valence-electron chi connectivity index (χ1n) is 12.4. The molecule has 2 heterocycles. The number of carbonyl (C=O) groups is 2. The molecule has 2 N–H and O–H groups in total. The third-order valence-electron chi connectivity index (χ3n) is 6.77. The van der Waals surface area contributed by atoms with Crippen molar-refractivity contribution in [2.45, 2.75) is 69.4 Å². The molecule has 2 atom stereocenters. The summed E-state index contributed by atoms with van der Waals surface area (Å²) in [7, 11) is -4.38. The van der Waals surface area contributed by atoms with Gasteiger partial charge in [-0.05, 0) is 64.2 Å². The van der Waals surface area contributed by atoms with Gasteiger partial charge in [-0.1, -0.05) is 11.6 Å². The van der Waals surface area contributed by atoms with Gasteiger partial charge in [-0.15, -0.1) is 0 Å². The zero-order valence-corrected chi connectivity index (χ0v) is 23.3. The lowest BCUT2D eigenvalue weighted by molar-refractivity contribution is -0.242. The van der Waals surface area contributed by atoms with Crippen LogP contribution in [0.5, 0.6) is 5.75 Å². The first kappa shape index (κ1) is 29.8. The van der Waals surface area contributed by atoms with E-state index in [1.807, 2.05) is 0 Å². The first-order valence-corrected chi connectivity index (χ1v) is 14.2. The number of aliphatic carboxylic acids is 1. The van der Waals surface area contributed by atoms with Crippen molar-refractivity contribution in [1.82, 2.24) is 9.78 Å². The summed E-state index contributed by atoms with van der Waals surface area (Å²) in [4.78, 5) is 23.8. The Morgan fingerprint density at radius 2 is 1.98 bits per heavy atom. The molecule has 2 aliphatic rings. The Kier molecular flexibility index (Phi) is 7.93. The first-order chi connectivity index (χ1) is 18.5. The third kappa shape index (κ3) is 6.09. The number of aromatic nitrogens is 2. The second kappa shape index (κ2) is 10.7. The third-order valence-corrected chi connectivity index (χ3v) is 8.94. The van der Waals surface area contributed by atoms with E-state index < -0.39 is 45.9 Å². The highest BCUT2D eigenvalue weighted by Gasteiger charge is 2.51. The molecule has 0 bridgehead atoms. The standard InChI is InChI=1S/C24H28ClF3N4O7S/c1-4-31-12-19(20(25)30-31)40(36,37)32-11-15(10-16(21(33)34)13-5-6-13)38-18-8-7-14(9-17(18)32)29-22(35)39-23(2,3)24(26,27)28/h7-9,12-13,15-16H,4-6,10-11H2,1-3H3,(H,29,35)(H,33,34)/t15-,16?/m0/s1. The second-order valence-electron chi connectivity index (χ2n) is 10.1. The van der Waals surface area contributed by atoms with Gasteiger partial charge >= 0.3 is 18.2 Å². The molecule has 16 heteroatoms. The summed E-state index contributed by atoms with van der Waals surface area (Å²) in [6.07, 6.45) is -4.26. The predicted molar refractivity (Wildman–Crippen MR) is 137 cm³/mol. The van der Waals surface area contributed by atoms with E-state index in [0.29, 0.717) is 20.4 Å². The van der Waals surface area contributed by atoms with Crippen molar-refractivity contribution >= 4 is 45.1 Å². The number of hydrogen-bond acceptors (Lipinski definition) is 7. The van der Waals surface area contributed by atoms with Crippen LogP contribution in [0.4, 0.5) is 29.3 Å². The largest absolute Gasteiger partial charge is 0.486 e. The molecular weight excluding hydrogens is 581 g/mol. The minimum Gasteiger partial charge on any atom is -0.486 e. The molecule has 4 rings (SSSR count). The molecular formula is C24H28ClF3N4O7S. The van der Waals surface area contributed by atoms with Gasteiger partial charge in [-0.25, -0.2) is 13.2 Å². The van der Waals surface area contributed by atoms with E-state index in [9.17, 15) is 36.3 Å². The van der Waals surface area contributed by atoms with Gasteiger partial charge in [0.1, 0.15) is 16.7 Å². The highest BCUT2D eigenvalue weighted by atomic mass is 35.5. The zero-order chi connectivity index (χ0) is 29.6. The highest BCUT2D eigenvalue weighted by Crippen LogP contribution is 2.44. The average molecular weight is 609 g/mol. The van der Waals surface area contributed by atoms with Gasteiger partial charge in [0.05, 0.1) is 18.2 Å². The molecule has 2 aromatic rings. The number of rotatable bonds is 9. The Morgan fingerprint density at radius 1 is 1.30 bits per heavy atom. The second-order valence-corrected chi connectivity index (χ2v) is 12.3. The van der Waals surface area contributed by atoms with Crippen LogP contribution in [0.1, 0.15) is 40.0 Å². The van der Waals surface area contributed by atoms with Gasteiger partial charge in [0.25, 0.3) is 10.0 Å². The number of aryl methyl sites for hydroxylation is 1. The summed E-state index contributed by atoms with van der Waals surface area (Å²) in [6.45, 7) is 3.17. The number of anilines is 2. The van der Waals surface area contributed by atoms with Gasteiger partial charge in [0.2, 0.25) is 5.60 Å². The zero-order valence-electron chi connectivity index (χ0n) is 21.7. The van der Waals surface area contributed by atoms with Crippen molar-refractivity contribution < 1.29 is 45.8 Å². The Balaban J connectivity index is 1.68. The molecule has 1 aliphatic carbocycles. The van der Waals surface area contributed by atoms with E-state index >= 15 is 0 Å². The van der Waals surface area contributed by atoms with Gasteiger partial charge < -0.3 is 14.6 Å². The van der Waals surface area contributed by atoms with Crippen LogP contribution in [0, 0.1) is 11.8 Å². The van der Waals surface area contributed by atoms with Gasteiger partial charge in [0, 0.05) is 18.4 Å². The van der Waals surface area contributed by atoms with Crippen LogP contribution in [0.15, 0.2) is 29.3 Å². The lowest BCUT2D eigenvalue weighted by Gasteiger charge is -2.36. The Morgan fingerprint density at radius 3 is 2.52 bits per heavy atom. The monoisotopic (exact) mass is 608 g/mol. The van der Waals surface area contributed by atoms with Gasteiger partial charge in [-0.3, -0.25) is 19.1 Å². The van der Waals surface area contributed by atoms with Crippen molar-refractivity contribution in [2.75, 3.05) is 16.2 Å². The van der Waals surface area contributed by atoms with E-state index in [1.54, 1.807) is 6.92 Å². The minimum absolute atomic E-state index is 0.0247. The topological polar surface area (TPSA) is 140 Å². The normalized spacial score (nSPS) is 18.5. The predicted octanol–water partition coefficient (Wildman–Crippen LogP) is 4.90. The number of halogens is 4. The lowest BCUT2D eigenvalue weighted by atomic mass is 9.95. The fourth-order valence-corrected chi connectivity index (χ4v) is 6.23. The number of carboxylic acid groups (broad SMARTS) is 1. The van der Waals surface area contributed by atoms with E-state index in [2.05, 4.69) is 15.2 Å². The number of nitrogens with zero attached hydrogens (tertiary/aromatic N) is 3. The van der Waals surface area contributed by atoms with Crippen LogP contribution in [0.25, 0.3) is 0 Å². The number of nitrogens with one attached hydrogen (secondary N) is 1. The minimum atomic E-state index is -4.83. The van der Waals surface area contributed by atoms with Crippen LogP contribution in [-0.2, 0) is 26.1 Å². The van der Waals surface area contributed by atoms with E-state index in [0.717, 1.165) is 17.1 Å². The van der Waals surface area contributed by atoms with Crippen LogP contribution in [0.2, 0.25) is 5.15 Å². The van der Waals surface area contributed by atoms with Crippen LogP contribution < -0.4 is 14.4 Å². The number of sulfonamides is 1. The van der Waals surface area contributed by atoms with Crippen LogP contribution >= 0.6 is 11.6 Å². The molecule has 40 heavy (non-hydrogen) atoms. The summed E-state index contributed by atoms with van der Waals surface area (Å²) < 4.78 is 79.9. The SMILES string of the molecule is CCn1cc(S(=O)(=O)N2C[C@H](CC(C(=O)O)C3CC3)Oc3ccc(NC(=O)OC(C)(C)C(F)(F)F)cc32)c(Cl)n1. The van der Waals surface area contributed by atoms with E-state index in [4.69, 9.17) is 16.3 Å². The fourth-order valence-electron chi connectivity index (χ4n) is 4.28. The number of carbonyl (C=O) groups excluding carboxylic acids is 1. The van der Waals surface area contributed by atoms with Crippen molar-refractivity contribution in [3.05, 3.63) is 29.5 Å². The Labute approximate surface area is 233 Å². The number of fused-ring (bicyclic) bond motifs is 1. The molecule has 1 aromatic carbocycles. The molecule has 1 amide bonds. The summed E-state index contributed by atoms with van der Waals surface area (Å²) >= 11 is 6.15. The number of amides is 1. The number of alkyl halides is 3. The quantitative estimate of drug-likeness (QED) is 0.410. The van der Waals surface area contributed by atoms with Crippen molar-refractivity contribution in [2.24, 2.45) is 11.8 Å². The summed E-state index contributed by atoms with van der Waals surface area (Å²) in [5, 5.41) is 15.6. The summed E-state index contributed by atoms with van der Waals surface area (Å²) in [5.41, 5.74) is -2.89. The molecule has 1 fully saturated rings. The highest BCUT2D eigenvalue weighted by molar-refractivity contribution is 7.93. The molecule has 1 aliphatic heterocycles. The Hall–Kier alpha value is -3.20. The van der Waals surface area contributed by atoms with Crippen LogP contribution in [0.3, 0.4) is 0 Å². The molecule has 1 aromatic heterocycles. The summed E-state index contributed by atoms with van der Waals surface area (Å²) in [6, 6.07) is 3.84. The fraction of sp³-hybridized carbons (Fsp3) is 0.542. The molecule has 220 valence electrons. The van der Waals surface area contributed by atoms with E-state index in [1.165, 1.54) is 29.1 Å². The maximum Gasteiger partial charge on any atom is 0.427 e. The smallest absolute Gasteiger partial charge is 0.427 e. The van der Waals surface area contributed by atoms with E-state index in [-0.39, 0.29) is 46.1 Å². The van der Waals surface area contributed by atoms with Gasteiger partial charge in [-0.2, -0.15) is 18.3 Å². The number of carboxylic acids is 1. The average Bonchev–Trinajstić information content (AvgIpc) is 3.61. The lowest BCUT2D eigenvalue weighted by Crippen LogP contribution is -2.45. The van der Waals surface area contributed by atoms with Crippen molar-refractivity contribution in [3.8, 4) is 5.75 Å². The molecule has 11 nitrogen and oxygen atoms in total. The maximum absolute atomic E-state index is 13.8. The molecule has 0 spiro atoms. The van der Waals surface area contributed by atoms with Crippen molar-refractivity contribution in [3.63, 3.8) is 0 Å². The number of hydrogen-bond donors (Lipinski definition) is 2. The summed E-state index contributed by atoms with van der Waals surface area (Å²) in [5.74, 6) is -1.69.